The Morgan fingerprint density at radius 1 is 1.38 bits per heavy atom. The van der Waals surface area contributed by atoms with Crippen molar-refractivity contribution in [1.29, 1.82) is 0 Å². The van der Waals surface area contributed by atoms with Gasteiger partial charge >= 0.3 is 6.03 Å². The van der Waals surface area contributed by atoms with Gasteiger partial charge in [-0.2, -0.15) is 0 Å². The van der Waals surface area contributed by atoms with Crippen molar-refractivity contribution in [2.75, 3.05) is 19.0 Å². The molecule has 6 nitrogen and oxygen atoms in total. The van der Waals surface area contributed by atoms with E-state index in [0.717, 1.165) is 41.3 Å². The molecule has 1 aliphatic rings. The van der Waals surface area contributed by atoms with Crippen LogP contribution in [0.3, 0.4) is 0 Å². The molecule has 1 aliphatic carbocycles. The molecule has 0 saturated carbocycles. The largest absolute Gasteiger partial charge is 0.466 e. The first-order valence-corrected chi connectivity index (χ1v) is 8.99. The fourth-order valence-corrected chi connectivity index (χ4v) is 3.52. The van der Waals surface area contributed by atoms with Gasteiger partial charge in [0.2, 0.25) is 0 Å². The van der Waals surface area contributed by atoms with E-state index in [-0.39, 0.29) is 17.5 Å². The molecule has 0 radical (unpaired) electrons. The van der Waals surface area contributed by atoms with Gasteiger partial charge in [0.1, 0.15) is 17.3 Å². The molecule has 3 rings (SSSR count). The zero-order chi connectivity index (χ0) is 18.9. The zero-order valence-corrected chi connectivity index (χ0v) is 16.2. The number of pyridine rings is 1. The number of carbonyl (C=O) groups is 1. The molecule has 0 fully saturated rings. The van der Waals surface area contributed by atoms with E-state index in [1.54, 1.807) is 6.20 Å². The summed E-state index contributed by atoms with van der Waals surface area (Å²) in [6.45, 7) is 6.83. The Bertz CT molecular complexity index is 795. The lowest BCUT2D eigenvalue weighted by Crippen LogP contribution is -2.41. The monoisotopic (exact) mass is 356 g/mol. The molecular formula is C20H28N4O2. The van der Waals surface area contributed by atoms with E-state index in [1.165, 1.54) is 0 Å². The van der Waals surface area contributed by atoms with Gasteiger partial charge < -0.3 is 20.0 Å². The molecule has 6 heteroatoms. The first kappa shape index (κ1) is 18.3. The summed E-state index contributed by atoms with van der Waals surface area (Å²) in [7, 11) is 3.89. The number of fused-ring (bicyclic) bond motifs is 1. The van der Waals surface area contributed by atoms with Crippen molar-refractivity contribution < 1.29 is 9.21 Å². The Balaban J connectivity index is 1.64. The predicted octanol–water partition coefficient (Wildman–Crippen LogP) is 3.56. The number of carbonyl (C=O) groups excluding carboxylic acids is 1. The third kappa shape index (κ3) is 4.18. The van der Waals surface area contributed by atoms with E-state index >= 15 is 0 Å². The maximum absolute atomic E-state index is 12.5. The van der Waals surface area contributed by atoms with Crippen LogP contribution in [0.2, 0.25) is 0 Å². The topological polar surface area (TPSA) is 70.4 Å². The molecule has 0 bridgehead atoms. The van der Waals surface area contributed by atoms with E-state index in [4.69, 9.17) is 4.42 Å². The Labute approximate surface area is 155 Å². The predicted molar refractivity (Wildman–Crippen MR) is 102 cm³/mol. The first-order chi connectivity index (χ1) is 12.2. The number of anilines is 1. The molecule has 0 aromatic carbocycles. The second-order valence-electron chi connectivity index (χ2n) is 8.08. The van der Waals surface area contributed by atoms with Crippen molar-refractivity contribution >= 4 is 11.8 Å². The number of nitrogens with one attached hydrogen (secondary N) is 2. The van der Waals surface area contributed by atoms with Crippen LogP contribution in [0.1, 0.15) is 49.0 Å². The van der Waals surface area contributed by atoms with E-state index in [0.29, 0.717) is 6.54 Å². The molecule has 1 atom stereocenters. The van der Waals surface area contributed by atoms with Crippen LogP contribution in [0, 0.1) is 12.3 Å². The third-order valence-electron chi connectivity index (χ3n) is 4.76. The highest BCUT2D eigenvalue weighted by Crippen LogP contribution is 2.41. The SMILES string of the molecule is Cc1cc2c(o1)CC(C)(C)CC2NC(=O)NCc1ccnc(N(C)C)c1. The summed E-state index contributed by atoms with van der Waals surface area (Å²) < 4.78 is 5.83. The molecule has 2 amide bonds. The summed E-state index contributed by atoms with van der Waals surface area (Å²) in [6, 6.07) is 5.74. The average molecular weight is 356 g/mol. The van der Waals surface area contributed by atoms with Crippen LogP contribution in [-0.2, 0) is 13.0 Å². The van der Waals surface area contributed by atoms with Gasteiger partial charge in [-0.3, -0.25) is 0 Å². The molecule has 0 spiro atoms. The maximum atomic E-state index is 12.5. The molecular weight excluding hydrogens is 328 g/mol. The van der Waals surface area contributed by atoms with E-state index in [1.807, 2.05) is 44.1 Å². The smallest absolute Gasteiger partial charge is 0.315 e. The van der Waals surface area contributed by atoms with Crippen LogP contribution >= 0.6 is 0 Å². The molecule has 2 N–H and O–H groups in total. The number of amides is 2. The van der Waals surface area contributed by atoms with Gasteiger partial charge in [-0.15, -0.1) is 0 Å². The Kier molecular flexibility index (Phi) is 4.94. The summed E-state index contributed by atoms with van der Waals surface area (Å²) in [5.74, 6) is 2.76. The van der Waals surface area contributed by atoms with Crippen LogP contribution in [0.4, 0.5) is 10.6 Å². The Morgan fingerprint density at radius 2 is 2.15 bits per heavy atom. The van der Waals surface area contributed by atoms with Gasteiger partial charge in [0, 0.05) is 38.8 Å². The zero-order valence-electron chi connectivity index (χ0n) is 16.2. The summed E-state index contributed by atoms with van der Waals surface area (Å²) in [6.07, 6.45) is 3.56. The van der Waals surface area contributed by atoms with Crippen molar-refractivity contribution in [1.82, 2.24) is 15.6 Å². The van der Waals surface area contributed by atoms with Crippen LogP contribution in [0.5, 0.6) is 0 Å². The third-order valence-corrected chi connectivity index (χ3v) is 4.76. The number of urea groups is 1. The summed E-state index contributed by atoms with van der Waals surface area (Å²) >= 11 is 0. The van der Waals surface area contributed by atoms with Gasteiger partial charge in [-0.1, -0.05) is 13.8 Å². The molecule has 1 unspecified atom stereocenters. The van der Waals surface area contributed by atoms with E-state index in [2.05, 4.69) is 29.5 Å². The molecule has 26 heavy (non-hydrogen) atoms. The standard InChI is InChI=1S/C20H28N4O2/c1-13-8-15-16(10-20(2,3)11-17(15)26-13)23-19(25)22-12-14-6-7-21-18(9-14)24(4)5/h6-9,16H,10-12H2,1-5H3,(H2,22,23,25). The number of hydrogen-bond acceptors (Lipinski definition) is 4. The lowest BCUT2D eigenvalue weighted by atomic mass is 9.75. The second-order valence-corrected chi connectivity index (χ2v) is 8.08. The van der Waals surface area contributed by atoms with Crippen LogP contribution < -0.4 is 15.5 Å². The van der Waals surface area contributed by atoms with Crippen molar-refractivity contribution in [3.63, 3.8) is 0 Å². The van der Waals surface area contributed by atoms with Gasteiger partial charge in [-0.05, 0) is 42.5 Å². The highest BCUT2D eigenvalue weighted by molar-refractivity contribution is 5.74. The normalized spacial score (nSPS) is 18.1. The fourth-order valence-electron chi connectivity index (χ4n) is 3.52. The van der Waals surface area contributed by atoms with Crippen molar-refractivity contribution in [2.24, 2.45) is 5.41 Å². The van der Waals surface area contributed by atoms with Crippen LogP contribution in [-0.4, -0.2) is 25.1 Å². The minimum absolute atomic E-state index is 0.0269. The number of aryl methyl sites for hydroxylation is 1. The lowest BCUT2D eigenvalue weighted by Gasteiger charge is -2.34. The van der Waals surface area contributed by atoms with Crippen molar-refractivity contribution in [3.8, 4) is 0 Å². The summed E-state index contributed by atoms with van der Waals surface area (Å²) in [4.78, 5) is 18.7. The lowest BCUT2D eigenvalue weighted by molar-refractivity contribution is 0.214. The number of aromatic nitrogens is 1. The van der Waals surface area contributed by atoms with Gasteiger partial charge in [0.25, 0.3) is 0 Å². The minimum Gasteiger partial charge on any atom is -0.466 e. The van der Waals surface area contributed by atoms with Crippen molar-refractivity contribution in [2.45, 2.75) is 46.2 Å². The molecule has 2 aromatic heterocycles. The molecule has 140 valence electrons. The van der Waals surface area contributed by atoms with Gasteiger partial charge in [0.05, 0.1) is 6.04 Å². The summed E-state index contributed by atoms with van der Waals surface area (Å²) in [5, 5.41) is 6.07. The quantitative estimate of drug-likeness (QED) is 0.879. The van der Waals surface area contributed by atoms with Crippen molar-refractivity contribution in [3.05, 3.63) is 47.0 Å². The molecule has 2 heterocycles. The second kappa shape index (κ2) is 7.02. The summed E-state index contributed by atoms with van der Waals surface area (Å²) in [5.41, 5.74) is 2.22. The van der Waals surface area contributed by atoms with E-state index < -0.39 is 0 Å². The minimum atomic E-state index is -0.166. The Hall–Kier alpha value is -2.50. The Morgan fingerprint density at radius 3 is 2.88 bits per heavy atom. The number of hydrogen-bond donors (Lipinski definition) is 2. The van der Waals surface area contributed by atoms with Crippen LogP contribution in [0.25, 0.3) is 0 Å². The highest BCUT2D eigenvalue weighted by atomic mass is 16.3. The fraction of sp³-hybridized carbons (Fsp3) is 0.500. The number of furan rings is 1. The van der Waals surface area contributed by atoms with E-state index in [9.17, 15) is 4.79 Å². The highest BCUT2D eigenvalue weighted by Gasteiger charge is 2.35. The molecule has 0 aliphatic heterocycles. The van der Waals surface area contributed by atoms with Crippen LogP contribution in [0.15, 0.2) is 28.8 Å². The van der Waals surface area contributed by atoms with Gasteiger partial charge in [0.15, 0.2) is 0 Å². The number of rotatable bonds is 4. The number of nitrogens with zero attached hydrogens (tertiary/aromatic N) is 2. The first-order valence-electron chi connectivity index (χ1n) is 8.99. The molecule has 0 saturated heterocycles. The van der Waals surface area contributed by atoms with Gasteiger partial charge in [-0.25, -0.2) is 9.78 Å². The average Bonchev–Trinajstić information content (AvgIpc) is 2.92. The maximum Gasteiger partial charge on any atom is 0.315 e. The molecule has 2 aromatic rings.